The smallest absolute Gasteiger partial charge is 0.336 e. The van der Waals surface area contributed by atoms with Crippen molar-refractivity contribution in [3.05, 3.63) is 46.3 Å². The Hall–Kier alpha value is -2.31. The van der Waals surface area contributed by atoms with Gasteiger partial charge in [0.1, 0.15) is 12.7 Å². The van der Waals surface area contributed by atoms with E-state index in [4.69, 9.17) is 18.6 Å². The molecule has 1 aliphatic heterocycles. The largest absolute Gasteiger partial charge is 0.490 e. The predicted octanol–water partition coefficient (Wildman–Crippen LogP) is 3.06. The van der Waals surface area contributed by atoms with Crippen LogP contribution in [0, 0.1) is 0 Å². The van der Waals surface area contributed by atoms with Crippen molar-refractivity contribution in [2.45, 2.75) is 45.0 Å². The van der Waals surface area contributed by atoms with Crippen molar-refractivity contribution in [1.82, 2.24) is 0 Å². The summed E-state index contributed by atoms with van der Waals surface area (Å²) < 4.78 is 22.2. The van der Waals surface area contributed by atoms with Crippen LogP contribution in [0.15, 0.2) is 45.1 Å². The molecule has 1 saturated heterocycles. The third-order valence-corrected chi connectivity index (χ3v) is 4.48. The van der Waals surface area contributed by atoms with E-state index >= 15 is 0 Å². The first-order chi connectivity index (χ1) is 12.3. The van der Waals surface area contributed by atoms with E-state index < -0.39 is 17.3 Å². The quantitative estimate of drug-likeness (QED) is 0.464. The molecule has 0 saturated carbocycles. The number of epoxide rings is 1. The minimum absolute atomic E-state index is 0.120. The summed E-state index contributed by atoms with van der Waals surface area (Å²) in [5, 5.41) is 10.8. The number of rotatable bonds is 7. The number of aliphatic hydroxyl groups is 1. The highest BCUT2D eigenvalue weighted by molar-refractivity contribution is 5.85. The van der Waals surface area contributed by atoms with Gasteiger partial charge in [-0.05, 0) is 39.0 Å². The SMILES string of the molecule is COc1c(OC[C@H]2O[C@]2(C)C[C@@H](O)C=C(C)C)ccc2ccc(=O)oc12. The van der Waals surface area contributed by atoms with Crippen molar-refractivity contribution in [3.63, 3.8) is 0 Å². The van der Waals surface area contributed by atoms with E-state index in [-0.39, 0.29) is 6.10 Å². The Morgan fingerprint density at radius 1 is 1.35 bits per heavy atom. The van der Waals surface area contributed by atoms with Gasteiger partial charge in [-0.1, -0.05) is 11.6 Å². The van der Waals surface area contributed by atoms with Crippen LogP contribution in [0.4, 0.5) is 0 Å². The Kier molecular flexibility index (Phi) is 5.07. The fraction of sp³-hybridized carbons (Fsp3) is 0.450. The van der Waals surface area contributed by atoms with Gasteiger partial charge < -0.3 is 23.7 Å². The number of allylic oxidation sites excluding steroid dienone is 1. The Bertz CT molecular complexity index is 879. The average Bonchev–Trinajstić information content (AvgIpc) is 3.20. The summed E-state index contributed by atoms with van der Waals surface area (Å²) >= 11 is 0. The highest BCUT2D eigenvalue weighted by Gasteiger charge is 2.53. The predicted molar refractivity (Wildman–Crippen MR) is 97.9 cm³/mol. The molecule has 0 aliphatic carbocycles. The van der Waals surface area contributed by atoms with E-state index in [1.165, 1.54) is 13.2 Å². The number of hydrogen-bond donors (Lipinski definition) is 1. The zero-order valence-electron chi connectivity index (χ0n) is 15.4. The average molecular weight is 360 g/mol. The lowest BCUT2D eigenvalue weighted by Gasteiger charge is -2.13. The maximum absolute atomic E-state index is 11.5. The first-order valence-electron chi connectivity index (χ1n) is 8.57. The summed E-state index contributed by atoms with van der Waals surface area (Å²) in [5.41, 5.74) is 0.564. The second-order valence-corrected chi connectivity index (χ2v) is 7.02. The molecule has 0 amide bonds. The second-order valence-electron chi connectivity index (χ2n) is 7.02. The van der Waals surface area contributed by atoms with Crippen LogP contribution in [0.1, 0.15) is 27.2 Å². The van der Waals surface area contributed by atoms with Crippen molar-refractivity contribution in [1.29, 1.82) is 0 Å². The van der Waals surface area contributed by atoms with Gasteiger partial charge in [-0.2, -0.15) is 0 Å². The Morgan fingerprint density at radius 2 is 2.08 bits per heavy atom. The lowest BCUT2D eigenvalue weighted by Crippen LogP contribution is -2.21. The molecule has 0 spiro atoms. The normalized spacial score (nSPS) is 22.7. The molecule has 2 aromatic rings. The highest BCUT2D eigenvalue weighted by atomic mass is 16.6. The fourth-order valence-corrected chi connectivity index (χ4v) is 3.10. The molecule has 1 aliphatic rings. The van der Waals surface area contributed by atoms with E-state index in [9.17, 15) is 9.90 Å². The minimum atomic E-state index is -0.542. The summed E-state index contributed by atoms with van der Waals surface area (Å²) in [7, 11) is 1.50. The molecule has 1 N–H and O–H groups in total. The first kappa shape index (κ1) is 18.5. The molecule has 1 fully saturated rings. The molecule has 1 aromatic heterocycles. The van der Waals surface area contributed by atoms with E-state index in [2.05, 4.69) is 0 Å². The van der Waals surface area contributed by atoms with Crippen molar-refractivity contribution in [2.24, 2.45) is 0 Å². The molecule has 0 unspecified atom stereocenters. The number of fused-ring (bicyclic) bond motifs is 1. The number of methoxy groups -OCH3 is 1. The lowest BCUT2D eigenvalue weighted by molar-refractivity contribution is 0.167. The van der Waals surface area contributed by atoms with Gasteiger partial charge in [-0.3, -0.25) is 0 Å². The van der Waals surface area contributed by atoms with Gasteiger partial charge in [0.25, 0.3) is 0 Å². The molecule has 0 bridgehead atoms. The molecule has 6 heteroatoms. The molecule has 3 rings (SSSR count). The van der Waals surface area contributed by atoms with E-state index in [1.807, 2.05) is 32.9 Å². The van der Waals surface area contributed by atoms with E-state index in [0.717, 1.165) is 11.0 Å². The topological polar surface area (TPSA) is 81.4 Å². The molecule has 3 atom stereocenters. The standard InChI is InChI=1S/C20H24O6/c1-12(2)9-14(21)10-20(3)16(26-20)11-24-15-7-5-13-6-8-17(22)25-18(13)19(15)23-4/h5-9,14,16,21H,10-11H2,1-4H3/t14-,16+,20+/m0/s1. The zero-order valence-corrected chi connectivity index (χ0v) is 15.4. The van der Waals surface area contributed by atoms with Crippen LogP contribution in [0.5, 0.6) is 11.5 Å². The van der Waals surface area contributed by atoms with Gasteiger partial charge in [0.15, 0.2) is 11.3 Å². The third kappa shape index (κ3) is 3.92. The van der Waals surface area contributed by atoms with Gasteiger partial charge in [-0.25, -0.2) is 4.79 Å². The Balaban J connectivity index is 1.69. The van der Waals surface area contributed by atoms with Gasteiger partial charge in [-0.15, -0.1) is 0 Å². The molecule has 26 heavy (non-hydrogen) atoms. The Labute approximate surface area is 152 Å². The van der Waals surface area contributed by atoms with Gasteiger partial charge in [0.05, 0.1) is 18.8 Å². The number of benzene rings is 1. The van der Waals surface area contributed by atoms with Crippen molar-refractivity contribution in [3.8, 4) is 11.5 Å². The molecule has 6 nitrogen and oxygen atoms in total. The lowest BCUT2D eigenvalue weighted by atomic mass is 9.99. The monoisotopic (exact) mass is 360 g/mol. The molecule has 2 heterocycles. The minimum Gasteiger partial charge on any atom is -0.490 e. The van der Waals surface area contributed by atoms with Crippen LogP contribution < -0.4 is 15.1 Å². The molecule has 1 aromatic carbocycles. The van der Waals surface area contributed by atoms with Crippen LogP contribution in [0.2, 0.25) is 0 Å². The first-order valence-corrected chi connectivity index (χ1v) is 8.57. The van der Waals surface area contributed by atoms with Crippen LogP contribution in [0.25, 0.3) is 11.0 Å². The summed E-state index contributed by atoms with van der Waals surface area (Å²) in [5.74, 6) is 0.865. The number of aliphatic hydroxyl groups excluding tert-OH is 1. The summed E-state index contributed by atoms with van der Waals surface area (Å²) in [6.07, 6.45) is 1.67. The maximum atomic E-state index is 11.5. The Morgan fingerprint density at radius 3 is 2.77 bits per heavy atom. The van der Waals surface area contributed by atoms with E-state index in [0.29, 0.717) is 30.1 Å². The van der Waals surface area contributed by atoms with Gasteiger partial charge in [0.2, 0.25) is 5.75 Å². The second kappa shape index (κ2) is 7.13. The molecule has 140 valence electrons. The summed E-state index contributed by atoms with van der Waals surface area (Å²) in [4.78, 5) is 11.5. The number of hydrogen-bond acceptors (Lipinski definition) is 6. The van der Waals surface area contributed by atoms with Crippen molar-refractivity contribution < 1.29 is 23.7 Å². The molecular weight excluding hydrogens is 336 g/mol. The van der Waals surface area contributed by atoms with Crippen molar-refractivity contribution >= 4 is 11.0 Å². The summed E-state index contributed by atoms with van der Waals surface area (Å²) in [6, 6.07) is 6.63. The van der Waals surface area contributed by atoms with Crippen molar-refractivity contribution in [2.75, 3.05) is 13.7 Å². The van der Waals surface area contributed by atoms with Gasteiger partial charge >= 0.3 is 5.63 Å². The van der Waals surface area contributed by atoms with Crippen LogP contribution >= 0.6 is 0 Å². The summed E-state index contributed by atoms with van der Waals surface area (Å²) in [6.45, 7) is 6.17. The van der Waals surface area contributed by atoms with Crippen LogP contribution in [-0.2, 0) is 4.74 Å². The third-order valence-electron chi connectivity index (χ3n) is 4.48. The number of ether oxygens (including phenoxy) is 3. The highest BCUT2D eigenvalue weighted by Crippen LogP contribution is 2.42. The fourth-order valence-electron chi connectivity index (χ4n) is 3.10. The van der Waals surface area contributed by atoms with Gasteiger partial charge in [0, 0.05) is 17.9 Å². The molecule has 0 radical (unpaired) electrons. The van der Waals surface area contributed by atoms with Crippen LogP contribution in [0.3, 0.4) is 0 Å². The van der Waals surface area contributed by atoms with Crippen LogP contribution in [-0.4, -0.2) is 36.6 Å². The zero-order chi connectivity index (χ0) is 18.9. The molecular formula is C20H24O6. The van der Waals surface area contributed by atoms with E-state index in [1.54, 1.807) is 12.1 Å². The maximum Gasteiger partial charge on any atom is 0.336 e.